The summed E-state index contributed by atoms with van der Waals surface area (Å²) in [6.07, 6.45) is 3.20. The van der Waals surface area contributed by atoms with Crippen LogP contribution >= 0.6 is 15.9 Å². The molecule has 0 saturated carbocycles. The summed E-state index contributed by atoms with van der Waals surface area (Å²) in [7, 11) is 1.55. The average molecular weight is 388 g/mol. The number of nitrogens with one attached hydrogen (secondary N) is 1. The van der Waals surface area contributed by atoms with E-state index in [2.05, 4.69) is 30.9 Å². The second-order valence-electron chi connectivity index (χ2n) is 5.08. The first-order valence-corrected chi connectivity index (χ1v) is 7.91. The molecule has 1 aromatic carbocycles. The largest absolute Gasteiger partial charge is 0.494 e. The third kappa shape index (κ3) is 3.30. The van der Waals surface area contributed by atoms with E-state index in [-0.39, 0.29) is 11.4 Å². The molecule has 0 aliphatic carbocycles. The summed E-state index contributed by atoms with van der Waals surface area (Å²) < 4.78 is 5.89. The van der Waals surface area contributed by atoms with Crippen molar-refractivity contribution in [2.24, 2.45) is 4.99 Å². The number of hydrogen-bond acceptors (Lipinski definition) is 5. The maximum Gasteiger partial charge on any atom is 0.258 e. The van der Waals surface area contributed by atoms with Gasteiger partial charge in [0, 0.05) is 33.7 Å². The standard InChI is InChI=1S/C17H14BrN3O3/c1-24-15-6-10(4-5-20-15)8-19-9-14-13-7-11(18)2-3-12(13)16(22)21-17(14)23/h2-7,9H,8H2,1H3,(H2,21,22,23). The van der Waals surface area contributed by atoms with Crippen LogP contribution in [0.25, 0.3) is 10.8 Å². The molecule has 0 aliphatic rings. The van der Waals surface area contributed by atoms with Crippen molar-refractivity contribution in [3.05, 3.63) is 62.5 Å². The van der Waals surface area contributed by atoms with E-state index >= 15 is 0 Å². The van der Waals surface area contributed by atoms with Gasteiger partial charge in [-0.1, -0.05) is 15.9 Å². The van der Waals surface area contributed by atoms with E-state index < -0.39 is 0 Å². The summed E-state index contributed by atoms with van der Waals surface area (Å²) in [5.41, 5.74) is 1.05. The Morgan fingerprint density at radius 3 is 2.96 bits per heavy atom. The number of fused-ring (bicyclic) bond motifs is 1. The topological polar surface area (TPSA) is 87.6 Å². The van der Waals surface area contributed by atoms with E-state index in [0.717, 1.165) is 10.0 Å². The lowest BCUT2D eigenvalue weighted by atomic mass is 10.1. The van der Waals surface area contributed by atoms with Gasteiger partial charge in [0.15, 0.2) is 0 Å². The van der Waals surface area contributed by atoms with E-state index in [1.807, 2.05) is 6.07 Å². The lowest BCUT2D eigenvalue weighted by Gasteiger charge is -2.05. The third-order valence-electron chi connectivity index (χ3n) is 3.51. The third-order valence-corrected chi connectivity index (χ3v) is 4.00. The molecule has 0 spiro atoms. The van der Waals surface area contributed by atoms with Gasteiger partial charge in [0.25, 0.3) is 5.56 Å². The van der Waals surface area contributed by atoms with Gasteiger partial charge >= 0.3 is 0 Å². The van der Waals surface area contributed by atoms with Crippen LogP contribution in [0.3, 0.4) is 0 Å². The van der Waals surface area contributed by atoms with Gasteiger partial charge in [-0.3, -0.25) is 14.8 Å². The highest BCUT2D eigenvalue weighted by Crippen LogP contribution is 2.24. The molecule has 0 aliphatic heterocycles. The minimum atomic E-state index is -0.342. The number of aromatic nitrogens is 2. The van der Waals surface area contributed by atoms with Crippen molar-refractivity contribution in [2.75, 3.05) is 7.11 Å². The molecule has 0 saturated heterocycles. The Morgan fingerprint density at radius 1 is 1.33 bits per heavy atom. The molecule has 6 nitrogen and oxygen atoms in total. The molecule has 0 amide bonds. The molecule has 0 fully saturated rings. The smallest absolute Gasteiger partial charge is 0.258 e. The lowest BCUT2D eigenvalue weighted by molar-refractivity contribution is 0.397. The fraction of sp³-hybridized carbons (Fsp3) is 0.118. The van der Waals surface area contributed by atoms with E-state index in [4.69, 9.17) is 4.74 Å². The molecule has 24 heavy (non-hydrogen) atoms. The molecule has 0 bridgehead atoms. The SMILES string of the molecule is COc1cc(CN=Cc2c(O)[nH]c(=O)c3ccc(Br)cc23)ccn1. The van der Waals surface area contributed by atoms with E-state index in [1.165, 1.54) is 0 Å². The van der Waals surface area contributed by atoms with Crippen molar-refractivity contribution in [2.45, 2.75) is 6.54 Å². The van der Waals surface area contributed by atoms with Gasteiger partial charge in [-0.15, -0.1) is 0 Å². The summed E-state index contributed by atoms with van der Waals surface area (Å²) in [5, 5.41) is 11.2. The van der Waals surface area contributed by atoms with Crippen LogP contribution < -0.4 is 10.3 Å². The fourth-order valence-corrected chi connectivity index (χ4v) is 2.70. The highest BCUT2D eigenvalue weighted by molar-refractivity contribution is 9.10. The molecule has 3 aromatic rings. The number of aromatic hydroxyl groups is 1. The Hall–Kier alpha value is -2.67. The fourth-order valence-electron chi connectivity index (χ4n) is 2.34. The Kier molecular flexibility index (Phi) is 4.61. The Labute approximate surface area is 146 Å². The summed E-state index contributed by atoms with van der Waals surface area (Å²) >= 11 is 3.38. The van der Waals surface area contributed by atoms with Crippen LogP contribution in [0.2, 0.25) is 0 Å². The molecular formula is C17H14BrN3O3. The van der Waals surface area contributed by atoms with Crippen LogP contribution in [0, 0.1) is 0 Å². The van der Waals surface area contributed by atoms with E-state index in [0.29, 0.717) is 28.8 Å². The summed E-state index contributed by atoms with van der Waals surface area (Å²) in [6.45, 7) is 0.396. The monoisotopic (exact) mass is 387 g/mol. The van der Waals surface area contributed by atoms with Gasteiger partial charge in [0.2, 0.25) is 11.8 Å². The summed E-state index contributed by atoms with van der Waals surface area (Å²) in [6, 6.07) is 8.88. The lowest BCUT2D eigenvalue weighted by Crippen LogP contribution is -2.08. The quantitative estimate of drug-likeness (QED) is 0.673. The molecular weight excluding hydrogens is 374 g/mol. The van der Waals surface area contributed by atoms with Crippen LogP contribution in [0.5, 0.6) is 11.8 Å². The molecule has 3 rings (SSSR count). The van der Waals surface area contributed by atoms with E-state index in [9.17, 15) is 9.90 Å². The maximum absolute atomic E-state index is 11.9. The van der Waals surface area contributed by atoms with Crippen LogP contribution in [-0.2, 0) is 6.54 Å². The Balaban J connectivity index is 1.97. The number of benzene rings is 1. The van der Waals surface area contributed by atoms with Crippen LogP contribution in [0.1, 0.15) is 11.1 Å². The van der Waals surface area contributed by atoms with Crippen molar-refractivity contribution in [1.82, 2.24) is 9.97 Å². The Bertz CT molecular complexity index is 982. The zero-order valence-electron chi connectivity index (χ0n) is 12.8. The zero-order chi connectivity index (χ0) is 17.1. The van der Waals surface area contributed by atoms with Gasteiger partial charge in [-0.25, -0.2) is 4.98 Å². The molecule has 7 heteroatoms. The molecule has 2 aromatic heterocycles. The van der Waals surface area contributed by atoms with E-state index in [1.54, 1.807) is 43.8 Å². The van der Waals surface area contributed by atoms with Crippen LogP contribution in [0.4, 0.5) is 0 Å². The number of methoxy groups -OCH3 is 1. The van der Waals surface area contributed by atoms with Gasteiger partial charge in [0.05, 0.1) is 19.2 Å². The maximum atomic E-state index is 11.9. The van der Waals surface area contributed by atoms with Gasteiger partial charge < -0.3 is 9.84 Å². The number of pyridine rings is 2. The summed E-state index contributed by atoms with van der Waals surface area (Å²) in [4.78, 5) is 22.8. The first kappa shape index (κ1) is 16.2. The first-order chi connectivity index (χ1) is 11.6. The highest BCUT2D eigenvalue weighted by atomic mass is 79.9. The number of rotatable bonds is 4. The highest BCUT2D eigenvalue weighted by Gasteiger charge is 2.09. The number of ether oxygens (including phenoxy) is 1. The van der Waals surface area contributed by atoms with Gasteiger partial charge in [-0.05, 0) is 29.8 Å². The minimum absolute atomic E-state index is 0.207. The van der Waals surface area contributed by atoms with Crippen molar-refractivity contribution >= 4 is 32.9 Å². The van der Waals surface area contributed by atoms with Crippen LogP contribution in [-0.4, -0.2) is 28.4 Å². The number of aromatic amines is 1. The van der Waals surface area contributed by atoms with Crippen LogP contribution in [0.15, 0.2) is 50.8 Å². The summed E-state index contributed by atoms with van der Waals surface area (Å²) in [5.74, 6) is 0.311. The normalized spacial score (nSPS) is 11.2. The molecule has 122 valence electrons. The molecule has 2 heterocycles. The minimum Gasteiger partial charge on any atom is -0.494 e. The number of hydrogen-bond donors (Lipinski definition) is 2. The predicted octanol–water partition coefficient (Wildman–Crippen LogP) is 3.02. The second kappa shape index (κ2) is 6.84. The van der Waals surface area contributed by atoms with Crippen molar-refractivity contribution < 1.29 is 9.84 Å². The first-order valence-electron chi connectivity index (χ1n) is 7.11. The van der Waals surface area contributed by atoms with Crippen molar-refractivity contribution in [1.29, 1.82) is 0 Å². The Morgan fingerprint density at radius 2 is 2.17 bits per heavy atom. The van der Waals surface area contributed by atoms with Gasteiger partial charge in [-0.2, -0.15) is 0 Å². The average Bonchev–Trinajstić information content (AvgIpc) is 2.57. The van der Waals surface area contributed by atoms with Gasteiger partial charge in [0.1, 0.15) is 0 Å². The predicted molar refractivity (Wildman–Crippen MR) is 96.0 cm³/mol. The number of H-pyrrole nitrogens is 1. The number of aliphatic imine (C=N–C) groups is 1. The number of halogens is 1. The molecule has 0 atom stereocenters. The molecule has 2 N–H and O–H groups in total. The van der Waals surface area contributed by atoms with Crippen molar-refractivity contribution in [3.8, 4) is 11.8 Å². The second-order valence-corrected chi connectivity index (χ2v) is 6.00. The van der Waals surface area contributed by atoms with Crippen molar-refractivity contribution in [3.63, 3.8) is 0 Å². The zero-order valence-corrected chi connectivity index (χ0v) is 14.4. The number of nitrogens with zero attached hydrogens (tertiary/aromatic N) is 2. The molecule has 0 radical (unpaired) electrons. The molecule has 0 unspecified atom stereocenters.